The number of nitrogens with two attached hydrogens (primary N) is 2. The van der Waals surface area contributed by atoms with E-state index in [1.807, 2.05) is 32.0 Å². The topological polar surface area (TPSA) is 114 Å². The molecular weight excluding hydrogens is 288 g/mol. The first kappa shape index (κ1) is 14.7. The van der Waals surface area contributed by atoms with Crippen molar-refractivity contribution in [3.8, 4) is 6.07 Å². The number of aromatic nitrogens is 3. The summed E-state index contributed by atoms with van der Waals surface area (Å²) in [6, 6.07) is 9.70. The molecule has 0 radical (unpaired) electrons. The fourth-order valence-electron chi connectivity index (χ4n) is 2.79. The van der Waals surface area contributed by atoms with Gasteiger partial charge >= 0.3 is 0 Å². The van der Waals surface area contributed by atoms with E-state index in [-0.39, 0.29) is 5.95 Å². The predicted octanol–water partition coefficient (Wildman–Crippen LogP) is 2.27. The molecule has 3 rings (SSSR count). The second-order valence-electron chi connectivity index (χ2n) is 5.46. The van der Waals surface area contributed by atoms with E-state index in [9.17, 15) is 0 Å². The summed E-state index contributed by atoms with van der Waals surface area (Å²) in [5.41, 5.74) is 16.8. The van der Waals surface area contributed by atoms with E-state index in [4.69, 9.17) is 16.7 Å². The molecule has 0 aliphatic rings. The third-order valence-corrected chi connectivity index (χ3v) is 3.91. The van der Waals surface area contributed by atoms with Crippen LogP contribution in [0.1, 0.15) is 27.9 Å². The summed E-state index contributed by atoms with van der Waals surface area (Å²) >= 11 is 0. The molecule has 0 aliphatic carbocycles. The van der Waals surface area contributed by atoms with Gasteiger partial charge in [0.05, 0.1) is 17.0 Å². The lowest BCUT2D eigenvalue weighted by Gasteiger charge is -2.13. The van der Waals surface area contributed by atoms with Gasteiger partial charge in [0.1, 0.15) is 5.82 Å². The maximum atomic E-state index is 9.03. The SMILES string of the molecule is Cc1nc2nc(N)nc(N)c2c(C)c1Cc1cccc(C#N)c1. The van der Waals surface area contributed by atoms with Gasteiger partial charge in [-0.2, -0.15) is 15.2 Å². The monoisotopic (exact) mass is 304 g/mol. The molecule has 0 saturated heterocycles. The highest BCUT2D eigenvalue weighted by Crippen LogP contribution is 2.27. The van der Waals surface area contributed by atoms with Crippen molar-refractivity contribution in [2.75, 3.05) is 11.5 Å². The summed E-state index contributed by atoms with van der Waals surface area (Å²) in [4.78, 5) is 12.7. The Kier molecular flexibility index (Phi) is 3.54. The van der Waals surface area contributed by atoms with Crippen LogP contribution in [-0.4, -0.2) is 15.0 Å². The summed E-state index contributed by atoms with van der Waals surface area (Å²) in [5, 5.41) is 9.77. The van der Waals surface area contributed by atoms with Gasteiger partial charge in [0, 0.05) is 5.69 Å². The number of nitrogen functional groups attached to an aromatic ring is 2. The number of aryl methyl sites for hydroxylation is 2. The van der Waals surface area contributed by atoms with E-state index < -0.39 is 0 Å². The number of nitriles is 1. The molecule has 2 aromatic heterocycles. The van der Waals surface area contributed by atoms with Gasteiger partial charge in [-0.3, -0.25) is 0 Å². The van der Waals surface area contributed by atoms with Crippen LogP contribution in [0, 0.1) is 25.2 Å². The van der Waals surface area contributed by atoms with Crippen molar-refractivity contribution in [1.82, 2.24) is 15.0 Å². The number of nitrogens with zero attached hydrogens (tertiary/aromatic N) is 4. The average Bonchev–Trinajstić information content (AvgIpc) is 2.50. The summed E-state index contributed by atoms with van der Waals surface area (Å²) < 4.78 is 0. The maximum Gasteiger partial charge on any atom is 0.224 e. The van der Waals surface area contributed by atoms with Gasteiger partial charge in [-0.05, 0) is 49.1 Å². The van der Waals surface area contributed by atoms with Gasteiger partial charge in [-0.15, -0.1) is 0 Å². The molecule has 0 bridgehead atoms. The molecule has 6 heteroatoms. The normalized spacial score (nSPS) is 10.7. The number of hydrogen-bond acceptors (Lipinski definition) is 6. The highest BCUT2D eigenvalue weighted by Gasteiger charge is 2.14. The largest absolute Gasteiger partial charge is 0.383 e. The van der Waals surface area contributed by atoms with Crippen LogP contribution in [0.5, 0.6) is 0 Å². The second kappa shape index (κ2) is 5.54. The van der Waals surface area contributed by atoms with Crippen LogP contribution >= 0.6 is 0 Å². The molecule has 114 valence electrons. The average molecular weight is 304 g/mol. The number of benzene rings is 1. The first-order chi connectivity index (χ1) is 11.0. The van der Waals surface area contributed by atoms with E-state index in [1.165, 1.54) is 0 Å². The van der Waals surface area contributed by atoms with Gasteiger partial charge < -0.3 is 11.5 Å². The quantitative estimate of drug-likeness (QED) is 0.750. The van der Waals surface area contributed by atoms with Crippen molar-refractivity contribution in [2.45, 2.75) is 20.3 Å². The molecule has 0 unspecified atom stereocenters. The fourth-order valence-corrected chi connectivity index (χ4v) is 2.79. The van der Waals surface area contributed by atoms with Crippen molar-refractivity contribution in [3.63, 3.8) is 0 Å². The van der Waals surface area contributed by atoms with Gasteiger partial charge in [-0.1, -0.05) is 12.1 Å². The standard InChI is InChI=1S/C17H16N6/c1-9-13(7-11-4-3-5-12(6-11)8-18)10(2)21-16-14(9)15(19)22-17(20)23-16/h3-6H,7H2,1-2H3,(H4,19,20,21,22,23). The zero-order valence-electron chi connectivity index (χ0n) is 13.0. The molecule has 0 fully saturated rings. The Morgan fingerprint density at radius 2 is 1.91 bits per heavy atom. The molecule has 0 atom stereocenters. The molecule has 3 aromatic rings. The van der Waals surface area contributed by atoms with Crippen LogP contribution < -0.4 is 11.5 Å². The maximum absolute atomic E-state index is 9.03. The van der Waals surface area contributed by atoms with Crippen LogP contribution in [-0.2, 0) is 6.42 Å². The zero-order chi connectivity index (χ0) is 16.6. The van der Waals surface area contributed by atoms with Crippen molar-refractivity contribution in [1.29, 1.82) is 5.26 Å². The van der Waals surface area contributed by atoms with Gasteiger partial charge in [0.25, 0.3) is 0 Å². The second-order valence-corrected chi connectivity index (χ2v) is 5.46. The lowest BCUT2D eigenvalue weighted by Crippen LogP contribution is -2.07. The Labute approximate surface area is 133 Å². The Balaban J connectivity index is 2.16. The third-order valence-electron chi connectivity index (χ3n) is 3.91. The first-order valence-electron chi connectivity index (χ1n) is 7.17. The van der Waals surface area contributed by atoms with E-state index in [0.717, 1.165) is 27.8 Å². The molecule has 0 aliphatic heterocycles. The molecule has 23 heavy (non-hydrogen) atoms. The van der Waals surface area contributed by atoms with Crippen LogP contribution in [0.15, 0.2) is 24.3 Å². The third kappa shape index (κ3) is 2.64. The van der Waals surface area contributed by atoms with Crippen molar-refractivity contribution < 1.29 is 0 Å². The van der Waals surface area contributed by atoms with E-state index >= 15 is 0 Å². The molecule has 6 nitrogen and oxygen atoms in total. The summed E-state index contributed by atoms with van der Waals surface area (Å²) in [6.07, 6.45) is 0.667. The van der Waals surface area contributed by atoms with E-state index in [2.05, 4.69) is 21.0 Å². The Hall–Kier alpha value is -3.20. The first-order valence-corrected chi connectivity index (χ1v) is 7.17. The Morgan fingerprint density at radius 1 is 1.13 bits per heavy atom. The number of rotatable bonds is 2. The molecule has 0 amide bonds. The molecule has 0 spiro atoms. The molecule has 2 heterocycles. The lowest BCUT2D eigenvalue weighted by atomic mass is 9.96. The minimum absolute atomic E-state index is 0.121. The molecule has 0 saturated carbocycles. The highest BCUT2D eigenvalue weighted by atomic mass is 15.1. The fraction of sp³-hybridized carbons (Fsp3) is 0.176. The van der Waals surface area contributed by atoms with Crippen LogP contribution in [0.4, 0.5) is 11.8 Å². The van der Waals surface area contributed by atoms with E-state index in [1.54, 1.807) is 6.07 Å². The van der Waals surface area contributed by atoms with E-state index in [0.29, 0.717) is 23.4 Å². The minimum atomic E-state index is 0.121. The van der Waals surface area contributed by atoms with Crippen LogP contribution in [0.3, 0.4) is 0 Å². The van der Waals surface area contributed by atoms with Crippen LogP contribution in [0.2, 0.25) is 0 Å². The number of pyridine rings is 1. The van der Waals surface area contributed by atoms with Crippen molar-refractivity contribution >= 4 is 22.8 Å². The highest BCUT2D eigenvalue weighted by molar-refractivity contribution is 5.90. The zero-order valence-corrected chi connectivity index (χ0v) is 13.0. The summed E-state index contributed by atoms with van der Waals surface area (Å²) in [5.74, 6) is 0.459. The lowest BCUT2D eigenvalue weighted by molar-refractivity contribution is 1.06. The smallest absolute Gasteiger partial charge is 0.224 e. The Bertz CT molecular complexity index is 955. The van der Waals surface area contributed by atoms with Crippen molar-refractivity contribution in [3.05, 3.63) is 52.2 Å². The summed E-state index contributed by atoms with van der Waals surface area (Å²) in [6.45, 7) is 3.92. The summed E-state index contributed by atoms with van der Waals surface area (Å²) in [7, 11) is 0. The molecular formula is C17H16N6. The molecule has 1 aromatic carbocycles. The number of fused-ring (bicyclic) bond motifs is 1. The minimum Gasteiger partial charge on any atom is -0.383 e. The van der Waals surface area contributed by atoms with Crippen molar-refractivity contribution in [2.24, 2.45) is 0 Å². The van der Waals surface area contributed by atoms with Gasteiger partial charge in [-0.25, -0.2) is 4.98 Å². The molecule has 4 N–H and O–H groups in total. The number of anilines is 2. The predicted molar refractivity (Wildman–Crippen MR) is 89.6 cm³/mol. The number of hydrogen-bond donors (Lipinski definition) is 2. The van der Waals surface area contributed by atoms with Gasteiger partial charge in [0.2, 0.25) is 5.95 Å². The van der Waals surface area contributed by atoms with Crippen LogP contribution in [0.25, 0.3) is 11.0 Å². The van der Waals surface area contributed by atoms with Gasteiger partial charge in [0.15, 0.2) is 5.65 Å². The Morgan fingerprint density at radius 3 is 2.65 bits per heavy atom.